The zero-order chi connectivity index (χ0) is 32.5. The minimum absolute atomic E-state index is 1.16. The highest BCUT2D eigenvalue weighted by atomic mass is 15.0. The van der Waals surface area contributed by atoms with Gasteiger partial charge in [0.15, 0.2) is 0 Å². The van der Waals surface area contributed by atoms with Crippen LogP contribution in [0, 0.1) is 20.8 Å². The number of nitrogens with zero attached hydrogens (tertiary/aromatic N) is 1. The summed E-state index contributed by atoms with van der Waals surface area (Å²) in [6.45, 7) is 12.5. The SMILES string of the molecule is C=C/C=C\C(=C/C)c1ccc(C)c(-c2cc(-n3c4ccccc4c4cc(-c5cccc(-c6cccc(C)c6)c5)ccc43)ccc2C)c1. The van der Waals surface area contributed by atoms with Gasteiger partial charge in [0.25, 0.3) is 0 Å². The van der Waals surface area contributed by atoms with Gasteiger partial charge in [-0.15, -0.1) is 0 Å². The number of allylic oxidation sites excluding steroid dienone is 5. The van der Waals surface area contributed by atoms with E-state index in [1.807, 2.05) is 12.2 Å². The molecule has 6 aromatic carbocycles. The van der Waals surface area contributed by atoms with Crippen LogP contribution in [0.3, 0.4) is 0 Å². The van der Waals surface area contributed by atoms with Gasteiger partial charge >= 0.3 is 0 Å². The second-order valence-electron chi connectivity index (χ2n) is 12.4. The molecular formula is C46H39N. The molecule has 1 heterocycles. The summed E-state index contributed by atoms with van der Waals surface area (Å²) >= 11 is 0. The van der Waals surface area contributed by atoms with E-state index in [4.69, 9.17) is 0 Å². The molecule has 0 N–H and O–H groups in total. The number of hydrogen-bond donors (Lipinski definition) is 0. The van der Waals surface area contributed by atoms with E-state index < -0.39 is 0 Å². The number of rotatable bonds is 7. The van der Waals surface area contributed by atoms with E-state index in [0.717, 1.165) is 5.69 Å². The minimum Gasteiger partial charge on any atom is -0.309 e. The zero-order valence-corrected chi connectivity index (χ0v) is 27.6. The lowest BCUT2D eigenvalue weighted by molar-refractivity contribution is 1.17. The molecule has 7 rings (SSSR count). The molecule has 0 unspecified atom stereocenters. The van der Waals surface area contributed by atoms with Crippen molar-refractivity contribution in [1.82, 2.24) is 4.57 Å². The summed E-state index contributed by atoms with van der Waals surface area (Å²) in [4.78, 5) is 0. The summed E-state index contributed by atoms with van der Waals surface area (Å²) in [6.07, 6.45) is 8.09. The number of aryl methyl sites for hydroxylation is 3. The highest BCUT2D eigenvalue weighted by molar-refractivity contribution is 6.10. The molecule has 7 aromatic rings. The third-order valence-electron chi connectivity index (χ3n) is 9.28. The van der Waals surface area contributed by atoms with Crippen LogP contribution in [0.1, 0.15) is 29.2 Å². The average Bonchev–Trinajstić information content (AvgIpc) is 3.43. The van der Waals surface area contributed by atoms with Gasteiger partial charge in [-0.2, -0.15) is 0 Å². The molecule has 0 aliphatic carbocycles. The molecule has 0 radical (unpaired) electrons. The van der Waals surface area contributed by atoms with Gasteiger partial charge in [-0.25, -0.2) is 0 Å². The van der Waals surface area contributed by atoms with Gasteiger partial charge in [0.05, 0.1) is 11.0 Å². The number of aromatic nitrogens is 1. The van der Waals surface area contributed by atoms with E-state index >= 15 is 0 Å². The molecule has 228 valence electrons. The predicted molar refractivity (Wildman–Crippen MR) is 204 cm³/mol. The summed E-state index contributed by atoms with van der Waals surface area (Å²) in [6, 6.07) is 47.0. The molecule has 0 saturated heterocycles. The molecule has 0 fully saturated rings. The molecule has 1 heteroatoms. The zero-order valence-electron chi connectivity index (χ0n) is 27.6. The Morgan fingerprint density at radius 3 is 1.98 bits per heavy atom. The minimum atomic E-state index is 1.16. The Bertz CT molecular complexity index is 2360. The lowest BCUT2D eigenvalue weighted by Gasteiger charge is -2.16. The van der Waals surface area contributed by atoms with Crippen LogP contribution >= 0.6 is 0 Å². The topological polar surface area (TPSA) is 4.93 Å². The first kappa shape index (κ1) is 30.0. The van der Waals surface area contributed by atoms with Crippen molar-refractivity contribution in [3.05, 3.63) is 181 Å². The molecule has 0 saturated carbocycles. The van der Waals surface area contributed by atoms with Gasteiger partial charge in [0.1, 0.15) is 0 Å². The first-order chi connectivity index (χ1) is 22.9. The molecule has 0 amide bonds. The quantitative estimate of drug-likeness (QED) is 0.159. The summed E-state index contributed by atoms with van der Waals surface area (Å²) in [5, 5.41) is 2.51. The Hall–Kier alpha value is -5.66. The standard InChI is InChI=1S/C46H39N/c1-6-8-14-34(7-2)38-22-20-32(4)42(28-38)43-30-40(24-21-33(43)5)47-45-19-10-9-18-41(45)44-29-39(23-25-46(44)47)37-17-12-16-36(27-37)35-15-11-13-31(3)26-35/h6-30H,1H2,2-5H3/b14-8-,34-7+. The fourth-order valence-electron chi connectivity index (χ4n) is 6.80. The monoisotopic (exact) mass is 605 g/mol. The van der Waals surface area contributed by atoms with Gasteiger partial charge in [-0.05, 0) is 126 Å². The van der Waals surface area contributed by atoms with Crippen LogP contribution in [-0.2, 0) is 0 Å². The van der Waals surface area contributed by atoms with E-state index in [9.17, 15) is 0 Å². The van der Waals surface area contributed by atoms with Crippen molar-refractivity contribution in [1.29, 1.82) is 0 Å². The van der Waals surface area contributed by atoms with Crippen molar-refractivity contribution in [3.8, 4) is 39.1 Å². The van der Waals surface area contributed by atoms with Gasteiger partial charge < -0.3 is 4.57 Å². The lowest BCUT2D eigenvalue weighted by atomic mass is 9.92. The van der Waals surface area contributed by atoms with Crippen molar-refractivity contribution in [3.63, 3.8) is 0 Å². The van der Waals surface area contributed by atoms with Gasteiger partial charge in [-0.3, -0.25) is 0 Å². The van der Waals surface area contributed by atoms with Crippen LogP contribution in [-0.4, -0.2) is 4.57 Å². The molecule has 0 spiro atoms. The first-order valence-corrected chi connectivity index (χ1v) is 16.3. The second kappa shape index (κ2) is 12.6. The third kappa shape index (κ3) is 5.66. The summed E-state index contributed by atoms with van der Waals surface area (Å²) in [7, 11) is 0. The van der Waals surface area contributed by atoms with Crippen LogP contribution in [0.2, 0.25) is 0 Å². The highest BCUT2D eigenvalue weighted by Crippen LogP contribution is 2.38. The van der Waals surface area contributed by atoms with E-state index in [2.05, 4.69) is 178 Å². The van der Waals surface area contributed by atoms with Crippen LogP contribution in [0.5, 0.6) is 0 Å². The van der Waals surface area contributed by atoms with Crippen LogP contribution < -0.4 is 0 Å². The summed E-state index contributed by atoms with van der Waals surface area (Å²) in [5.74, 6) is 0. The second-order valence-corrected chi connectivity index (χ2v) is 12.4. The molecule has 0 atom stereocenters. The van der Waals surface area contributed by atoms with Crippen LogP contribution in [0.4, 0.5) is 0 Å². The van der Waals surface area contributed by atoms with Gasteiger partial charge in [-0.1, -0.05) is 121 Å². The van der Waals surface area contributed by atoms with E-state index in [-0.39, 0.29) is 0 Å². The van der Waals surface area contributed by atoms with E-state index in [1.54, 1.807) is 0 Å². The van der Waals surface area contributed by atoms with Crippen molar-refractivity contribution in [2.75, 3.05) is 0 Å². The fourth-order valence-corrected chi connectivity index (χ4v) is 6.80. The maximum Gasteiger partial charge on any atom is 0.0541 e. The summed E-state index contributed by atoms with van der Waals surface area (Å²) in [5.41, 5.74) is 17.2. The molecule has 0 bridgehead atoms. The van der Waals surface area contributed by atoms with Crippen molar-refractivity contribution in [2.24, 2.45) is 0 Å². The molecule has 1 aromatic heterocycles. The number of para-hydroxylation sites is 1. The Kier molecular flexibility index (Phi) is 8.06. The average molecular weight is 606 g/mol. The molecular weight excluding hydrogens is 567 g/mol. The number of fused-ring (bicyclic) bond motifs is 3. The van der Waals surface area contributed by atoms with Crippen LogP contribution in [0.25, 0.3) is 66.4 Å². The number of hydrogen-bond acceptors (Lipinski definition) is 0. The lowest BCUT2D eigenvalue weighted by Crippen LogP contribution is -1.97. The summed E-state index contributed by atoms with van der Waals surface area (Å²) < 4.78 is 2.42. The predicted octanol–water partition coefficient (Wildman–Crippen LogP) is 12.9. The van der Waals surface area contributed by atoms with Crippen molar-refractivity contribution < 1.29 is 0 Å². The first-order valence-electron chi connectivity index (χ1n) is 16.3. The Morgan fingerprint density at radius 1 is 0.574 bits per heavy atom. The Balaban J connectivity index is 1.36. The van der Waals surface area contributed by atoms with Gasteiger partial charge in [0, 0.05) is 16.5 Å². The van der Waals surface area contributed by atoms with Gasteiger partial charge in [0.2, 0.25) is 0 Å². The largest absolute Gasteiger partial charge is 0.309 e. The maximum atomic E-state index is 3.85. The van der Waals surface area contributed by atoms with Crippen molar-refractivity contribution >= 4 is 27.4 Å². The molecule has 47 heavy (non-hydrogen) atoms. The normalized spacial score (nSPS) is 12.0. The Labute approximate surface area is 278 Å². The number of benzene rings is 6. The molecule has 1 nitrogen and oxygen atoms in total. The van der Waals surface area contributed by atoms with E-state index in [1.165, 1.54) is 83.0 Å². The highest BCUT2D eigenvalue weighted by Gasteiger charge is 2.16. The maximum absolute atomic E-state index is 3.85. The fraction of sp³-hybridized carbons (Fsp3) is 0.0870. The van der Waals surface area contributed by atoms with Crippen molar-refractivity contribution in [2.45, 2.75) is 27.7 Å². The van der Waals surface area contributed by atoms with E-state index in [0.29, 0.717) is 0 Å². The third-order valence-corrected chi connectivity index (χ3v) is 9.28. The Morgan fingerprint density at radius 2 is 1.23 bits per heavy atom. The molecule has 0 aliphatic rings. The molecule has 0 aliphatic heterocycles. The smallest absolute Gasteiger partial charge is 0.0541 e. The van der Waals surface area contributed by atoms with Crippen LogP contribution in [0.15, 0.2) is 158 Å².